The molecule has 2 aromatic rings. The number of carbonyl (C=O) groups is 1. The van der Waals surface area contributed by atoms with Crippen LogP contribution in [0.5, 0.6) is 0 Å². The van der Waals surface area contributed by atoms with Crippen molar-refractivity contribution in [2.45, 2.75) is 38.0 Å². The Labute approximate surface area is 116 Å². The number of halogens is 1. The molecule has 0 atom stereocenters. The first-order valence-corrected chi connectivity index (χ1v) is 6.99. The molecule has 3 rings (SSSR count). The number of hydrogen-bond acceptors (Lipinski definition) is 3. The first-order valence-electron chi connectivity index (χ1n) is 6.99. The van der Waals surface area contributed by atoms with Gasteiger partial charge >= 0.3 is 5.97 Å². The van der Waals surface area contributed by atoms with E-state index in [1.54, 1.807) is 19.1 Å². The van der Waals surface area contributed by atoms with Crippen LogP contribution in [0.25, 0.3) is 11.0 Å². The van der Waals surface area contributed by atoms with E-state index < -0.39 is 5.41 Å². The van der Waals surface area contributed by atoms with Crippen LogP contribution in [0.3, 0.4) is 0 Å². The van der Waals surface area contributed by atoms with Crippen LogP contribution < -0.4 is 0 Å². The first-order chi connectivity index (χ1) is 9.67. The predicted molar refractivity (Wildman–Crippen MR) is 72.8 cm³/mol. The van der Waals surface area contributed by atoms with Crippen molar-refractivity contribution < 1.29 is 13.9 Å². The second kappa shape index (κ2) is 4.89. The molecule has 1 aromatic heterocycles. The lowest BCUT2D eigenvalue weighted by Gasteiger charge is -2.23. The van der Waals surface area contributed by atoms with Crippen LogP contribution >= 0.6 is 0 Å². The summed E-state index contributed by atoms with van der Waals surface area (Å²) in [5.74, 6) is -0.0903. The van der Waals surface area contributed by atoms with Gasteiger partial charge in [-0.2, -0.15) is 0 Å². The van der Waals surface area contributed by atoms with Gasteiger partial charge in [0, 0.05) is 0 Å². The number of H-pyrrole nitrogens is 1. The molecule has 0 bridgehead atoms. The summed E-state index contributed by atoms with van der Waals surface area (Å²) in [6, 6.07) is 4.77. The number of ether oxygens (including phenoxy) is 1. The smallest absolute Gasteiger partial charge is 0.319 e. The van der Waals surface area contributed by atoms with Gasteiger partial charge in [-0.25, -0.2) is 9.37 Å². The maximum absolute atomic E-state index is 13.8. The highest BCUT2D eigenvalue weighted by atomic mass is 19.1. The van der Waals surface area contributed by atoms with Crippen molar-refractivity contribution in [1.82, 2.24) is 9.97 Å². The van der Waals surface area contributed by atoms with Crippen LogP contribution in [-0.2, 0) is 14.9 Å². The summed E-state index contributed by atoms with van der Waals surface area (Å²) in [6.45, 7) is 2.13. The molecule has 0 radical (unpaired) electrons. The summed E-state index contributed by atoms with van der Waals surface area (Å²) in [5.41, 5.74) is 0.176. The van der Waals surface area contributed by atoms with E-state index in [9.17, 15) is 9.18 Å². The molecular weight excluding hydrogens is 259 g/mol. The minimum absolute atomic E-state index is 0.253. The van der Waals surface area contributed by atoms with E-state index in [-0.39, 0.29) is 17.3 Å². The number of aromatic nitrogens is 2. The second-order valence-electron chi connectivity index (χ2n) is 5.23. The number of rotatable bonds is 3. The number of fused-ring (bicyclic) bond motifs is 1. The van der Waals surface area contributed by atoms with E-state index in [1.807, 2.05) is 0 Å². The molecule has 0 amide bonds. The fourth-order valence-corrected chi connectivity index (χ4v) is 3.01. The molecule has 0 unspecified atom stereocenters. The van der Waals surface area contributed by atoms with Crippen molar-refractivity contribution in [3.8, 4) is 0 Å². The topological polar surface area (TPSA) is 55.0 Å². The lowest BCUT2D eigenvalue weighted by Crippen LogP contribution is -2.35. The molecule has 0 aliphatic heterocycles. The van der Waals surface area contributed by atoms with Crippen LogP contribution in [0.4, 0.5) is 4.39 Å². The van der Waals surface area contributed by atoms with Gasteiger partial charge in [-0.05, 0) is 31.9 Å². The number of nitrogens with one attached hydrogen (secondary N) is 1. The molecule has 1 saturated carbocycles. The summed E-state index contributed by atoms with van der Waals surface area (Å²) < 4.78 is 19.0. The SMILES string of the molecule is CCOC(=O)C1(c2nc3c(F)cccc3[nH]2)CCCC1. The summed E-state index contributed by atoms with van der Waals surface area (Å²) >= 11 is 0. The maximum Gasteiger partial charge on any atom is 0.319 e. The minimum Gasteiger partial charge on any atom is -0.465 e. The van der Waals surface area contributed by atoms with E-state index in [0.717, 1.165) is 12.8 Å². The monoisotopic (exact) mass is 276 g/mol. The van der Waals surface area contributed by atoms with Gasteiger partial charge in [0.2, 0.25) is 0 Å². The number of benzene rings is 1. The van der Waals surface area contributed by atoms with Gasteiger partial charge in [0.1, 0.15) is 16.8 Å². The number of para-hydroxylation sites is 1. The second-order valence-corrected chi connectivity index (χ2v) is 5.23. The highest BCUT2D eigenvalue weighted by Gasteiger charge is 2.46. The average molecular weight is 276 g/mol. The molecule has 1 aliphatic rings. The zero-order valence-corrected chi connectivity index (χ0v) is 11.4. The highest BCUT2D eigenvalue weighted by molar-refractivity contribution is 5.85. The highest BCUT2D eigenvalue weighted by Crippen LogP contribution is 2.41. The molecule has 1 aromatic carbocycles. The molecule has 1 heterocycles. The van der Waals surface area contributed by atoms with Gasteiger partial charge in [-0.1, -0.05) is 18.9 Å². The summed E-state index contributed by atoms with van der Waals surface area (Å²) in [4.78, 5) is 19.8. The third kappa shape index (κ3) is 1.88. The Balaban J connectivity index is 2.10. The van der Waals surface area contributed by atoms with Gasteiger partial charge in [-0.15, -0.1) is 0 Å². The molecule has 4 nitrogen and oxygen atoms in total. The summed E-state index contributed by atoms with van der Waals surface area (Å²) in [6.07, 6.45) is 3.32. The van der Waals surface area contributed by atoms with E-state index in [2.05, 4.69) is 9.97 Å². The Morgan fingerprint density at radius 3 is 2.85 bits per heavy atom. The Morgan fingerprint density at radius 2 is 2.20 bits per heavy atom. The van der Waals surface area contributed by atoms with Crippen molar-refractivity contribution in [2.75, 3.05) is 6.61 Å². The molecule has 106 valence electrons. The third-order valence-corrected chi connectivity index (χ3v) is 4.04. The standard InChI is InChI=1S/C15H17FN2O2/c1-2-20-14(19)15(8-3-4-9-15)13-17-11-7-5-6-10(16)12(11)18-13/h5-7H,2-4,8-9H2,1H3,(H,17,18). The van der Waals surface area contributed by atoms with Crippen LogP contribution in [0.1, 0.15) is 38.4 Å². The van der Waals surface area contributed by atoms with Crippen LogP contribution in [0.2, 0.25) is 0 Å². The lowest BCUT2D eigenvalue weighted by molar-refractivity contribution is -0.150. The molecule has 1 aliphatic carbocycles. The van der Waals surface area contributed by atoms with Crippen molar-refractivity contribution in [3.63, 3.8) is 0 Å². The van der Waals surface area contributed by atoms with Crippen molar-refractivity contribution in [2.24, 2.45) is 0 Å². The Morgan fingerprint density at radius 1 is 1.45 bits per heavy atom. The normalized spacial score (nSPS) is 17.5. The minimum atomic E-state index is -0.735. The number of imidazole rings is 1. The number of hydrogen-bond donors (Lipinski definition) is 1. The van der Waals surface area contributed by atoms with E-state index in [1.165, 1.54) is 6.07 Å². The maximum atomic E-state index is 13.8. The van der Waals surface area contributed by atoms with Gasteiger partial charge in [0.25, 0.3) is 0 Å². The quantitative estimate of drug-likeness (QED) is 0.876. The fraction of sp³-hybridized carbons (Fsp3) is 0.467. The van der Waals surface area contributed by atoms with E-state index in [4.69, 9.17) is 4.74 Å². The van der Waals surface area contributed by atoms with Crippen LogP contribution in [0, 0.1) is 5.82 Å². The fourth-order valence-electron chi connectivity index (χ4n) is 3.01. The predicted octanol–water partition coefficient (Wildman–Crippen LogP) is 3.08. The first kappa shape index (κ1) is 13.1. The summed E-state index contributed by atoms with van der Waals surface area (Å²) in [5, 5.41) is 0. The van der Waals surface area contributed by atoms with Gasteiger partial charge in [-0.3, -0.25) is 4.79 Å². The molecule has 0 saturated heterocycles. The molecule has 1 N–H and O–H groups in total. The number of nitrogens with zero attached hydrogens (tertiary/aromatic N) is 1. The van der Waals surface area contributed by atoms with Crippen molar-refractivity contribution in [3.05, 3.63) is 29.8 Å². The lowest BCUT2D eigenvalue weighted by atomic mass is 9.85. The third-order valence-electron chi connectivity index (χ3n) is 4.04. The Bertz CT molecular complexity index is 644. The van der Waals surface area contributed by atoms with Crippen LogP contribution in [0.15, 0.2) is 18.2 Å². The molecule has 20 heavy (non-hydrogen) atoms. The Kier molecular flexibility index (Phi) is 3.20. The van der Waals surface area contributed by atoms with E-state index >= 15 is 0 Å². The average Bonchev–Trinajstić information content (AvgIpc) is 3.07. The largest absolute Gasteiger partial charge is 0.465 e. The van der Waals surface area contributed by atoms with Gasteiger partial charge in [0.05, 0.1) is 12.1 Å². The zero-order valence-electron chi connectivity index (χ0n) is 11.4. The molecular formula is C15H17FN2O2. The summed E-state index contributed by atoms with van der Waals surface area (Å²) in [7, 11) is 0. The number of carbonyl (C=O) groups excluding carboxylic acids is 1. The van der Waals surface area contributed by atoms with E-state index in [0.29, 0.717) is 30.8 Å². The molecule has 0 spiro atoms. The van der Waals surface area contributed by atoms with Crippen molar-refractivity contribution >= 4 is 17.0 Å². The van der Waals surface area contributed by atoms with Crippen LogP contribution in [-0.4, -0.2) is 22.5 Å². The zero-order chi connectivity index (χ0) is 14.2. The van der Waals surface area contributed by atoms with Crippen molar-refractivity contribution in [1.29, 1.82) is 0 Å². The Hall–Kier alpha value is -1.91. The number of aromatic amines is 1. The molecule has 1 fully saturated rings. The van der Waals surface area contributed by atoms with Gasteiger partial charge in [0.15, 0.2) is 5.82 Å². The van der Waals surface area contributed by atoms with Gasteiger partial charge < -0.3 is 9.72 Å². The number of esters is 1. The molecule has 5 heteroatoms.